The van der Waals surface area contributed by atoms with Crippen molar-refractivity contribution in [1.29, 1.82) is 0 Å². The normalized spacial score (nSPS) is 15.2. The lowest BCUT2D eigenvalue weighted by atomic mass is 9.95. The Morgan fingerprint density at radius 1 is 0.667 bits per heavy atom. The molecule has 2 aromatic carbocycles. The van der Waals surface area contributed by atoms with Crippen molar-refractivity contribution in [2.45, 2.75) is 24.5 Å². The number of alkyl halides is 6. The van der Waals surface area contributed by atoms with Crippen molar-refractivity contribution in [1.82, 2.24) is 0 Å². The first-order valence-corrected chi connectivity index (χ1v) is 6.78. The number of benzene rings is 2. The first kappa shape index (κ1) is 18.3. The van der Waals surface area contributed by atoms with Gasteiger partial charge in [0.1, 0.15) is 0 Å². The Bertz CT molecular complexity index is 614. The number of aliphatic hydroxyl groups is 1. The maximum Gasteiger partial charge on any atom is 0.416 e. The minimum absolute atomic E-state index is 0.135. The van der Waals surface area contributed by atoms with E-state index in [9.17, 15) is 31.4 Å². The standard InChI is InChI=1S/C16H13F6NO/c17-15(18,19)11-5-1-9(2-6-11)13(23)14(24)10-3-7-12(8-4-10)16(20,21)22/h1-8,13-14,24H,23H2/t13-,14+/m0/s1. The molecule has 8 heteroatoms. The van der Waals surface area contributed by atoms with Gasteiger partial charge in [0.2, 0.25) is 0 Å². The van der Waals surface area contributed by atoms with E-state index in [1.165, 1.54) is 0 Å². The molecule has 0 amide bonds. The second kappa shape index (κ2) is 6.45. The van der Waals surface area contributed by atoms with Crippen LogP contribution in [-0.2, 0) is 12.4 Å². The summed E-state index contributed by atoms with van der Waals surface area (Å²) < 4.78 is 75.0. The summed E-state index contributed by atoms with van der Waals surface area (Å²) in [6, 6.07) is 6.60. The van der Waals surface area contributed by atoms with E-state index in [-0.39, 0.29) is 11.1 Å². The zero-order valence-corrected chi connectivity index (χ0v) is 12.1. The third kappa shape index (κ3) is 4.07. The van der Waals surface area contributed by atoms with Gasteiger partial charge in [-0.25, -0.2) is 0 Å². The van der Waals surface area contributed by atoms with E-state index in [1.54, 1.807) is 0 Å². The summed E-state index contributed by atoms with van der Waals surface area (Å²) in [5.74, 6) is 0. The zero-order valence-electron chi connectivity index (χ0n) is 12.1. The van der Waals surface area contributed by atoms with Crippen LogP contribution in [0.25, 0.3) is 0 Å². The summed E-state index contributed by atoms with van der Waals surface area (Å²) in [5.41, 5.74) is 4.43. The summed E-state index contributed by atoms with van der Waals surface area (Å²) in [7, 11) is 0. The third-order valence-corrected chi connectivity index (χ3v) is 3.54. The van der Waals surface area contributed by atoms with Gasteiger partial charge in [-0.15, -0.1) is 0 Å². The van der Waals surface area contributed by atoms with Gasteiger partial charge < -0.3 is 10.8 Å². The Morgan fingerprint density at radius 3 is 1.33 bits per heavy atom. The molecule has 0 aromatic heterocycles. The highest BCUT2D eigenvalue weighted by atomic mass is 19.4. The predicted octanol–water partition coefficient (Wildman–Crippen LogP) is 4.46. The van der Waals surface area contributed by atoms with Crippen molar-refractivity contribution < 1.29 is 31.4 Å². The fourth-order valence-electron chi connectivity index (χ4n) is 2.15. The summed E-state index contributed by atoms with van der Waals surface area (Å²) in [6.07, 6.45) is -10.3. The SMILES string of the molecule is N[C@@H](c1ccc(C(F)(F)F)cc1)[C@H](O)c1ccc(C(F)(F)F)cc1. The molecule has 0 fully saturated rings. The van der Waals surface area contributed by atoms with Gasteiger partial charge in [-0.2, -0.15) is 26.3 Å². The quantitative estimate of drug-likeness (QED) is 0.804. The van der Waals surface area contributed by atoms with E-state index in [0.29, 0.717) is 0 Å². The number of nitrogens with two attached hydrogens (primary N) is 1. The van der Waals surface area contributed by atoms with Crippen molar-refractivity contribution in [2.75, 3.05) is 0 Å². The van der Waals surface area contributed by atoms with Crippen LogP contribution in [-0.4, -0.2) is 5.11 Å². The number of hydrogen-bond donors (Lipinski definition) is 2. The molecule has 0 unspecified atom stereocenters. The predicted molar refractivity (Wildman–Crippen MR) is 74.8 cm³/mol. The first-order chi connectivity index (χ1) is 11.0. The maximum absolute atomic E-state index is 12.5. The molecule has 0 bridgehead atoms. The third-order valence-electron chi connectivity index (χ3n) is 3.54. The number of rotatable bonds is 3. The van der Waals surface area contributed by atoms with Gasteiger partial charge >= 0.3 is 12.4 Å². The van der Waals surface area contributed by atoms with Crippen molar-refractivity contribution in [3.05, 3.63) is 70.8 Å². The molecule has 0 saturated heterocycles. The zero-order chi connectivity index (χ0) is 18.1. The molecule has 0 spiro atoms. The van der Waals surface area contributed by atoms with Crippen LogP contribution in [0, 0.1) is 0 Å². The first-order valence-electron chi connectivity index (χ1n) is 6.78. The molecule has 0 heterocycles. The average molecular weight is 349 g/mol. The fraction of sp³-hybridized carbons (Fsp3) is 0.250. The summed E-state index contributed by atoms with van der Waals surface area (Å²) >= 11 is 0. The van der Waals surface area contributed by atoms with E-state index in [4.69, 9.17) is 5.73 Å². The Balaban J connectivity index is 2.18. The Labute approximate surface area is 133 Å². The van der Waals surface area contributed by atoms with Gasteiger partial charge in [-0.1, -0.05) is 24.3 Å². The van der Waals surface area contributed by atoms with E-state index >= 15 is 0 Å². The van der Waals surface area contributed by atoms with E-state index in [2.05, 4.69) is 0 Å². The number of aliphatic hydroxyl groups excluding tert-OH is 1. The molecular formula is C16H13F6NO. The smallest absolute Gasteiger partial charge is 0.386 e. The molecule has 0 saturated carbocycles. The molecule has 3 N–H and O–H groups in total. The number of halogens is 6. The fourth-order valence-corrected chi connectivity index (χ4v) is 2.15. The molecular weight excluding hydrogens is 336 g/mol. The van der Waals surface area contributed by atoms with Gasteiger partial charge in [0, 0.05) is 0 Å². The van der Waals surface area contributed by atoms with Crippen LogP contribution in [0.5, 0.6) is 0 Å². The van der Waals surface area contributed by atoms with Gasteiger partial charge in [-0.05, 0) is 35.4 Å². The molecule has 0 radical (unpaired) electrons. The Kier molecular flexibility index (Phi) is 4.91. The van der Waals surface area contributed by atoms with E-state index < -0.39 is 35.6 Å². The van der Waals surface area contributed by atoms with Crippen molar-refractivity contribution >= 4 is 0 Å². The van der Waals surface area contributed by atoms with Crippen molar-refractivity contribution in [3.8, 4) is 0 Å². The van der Waals surface area contributed by atoms with Crippen molar-refractivity contribution in [3.63, 3.8) is 0 Å². The average Bonchev–Trinajstić information content (AvgIpc) is 2.52. The molecule has 24 heavy (non-hydrogen) atoms. The number of hydrogen-bond acceptors (Lipinski definition) is 2. The van der Waals surface area contributed by atoms with Gasteiger partial charge in [0.05, 0.1) is 23.3 Å². The van der Waals surface area contributed by atoms with Crippen LogP contribution in [0.1, 0.15) is 34.4 Å². The molecule has 0 aliphatic rings. The second-order valence-corrected chi connectivity index (χ2v) is 5.21. The van der Waals surface area contributed by atoms with Crippen LogP contribution in [0.2, 0.25) is 0 Å². The van der Waals surface area contributed by atoms with Crippen molar-refractivity contribution in [2.24, 2.45) is 5.73 Å². The lowest BCUT2D eigenvalue weighted by molar-refractivity contribution is -0.138. The maximum atomic E-state index is 12.5. The summed E-state index contributed by atoms with van der Waals surface area (Å²) in [5, 5.41) is 10.1. The van der Waals surface area contributed by atoms with Crippen LogP contribution in [0.15, 0.2) is 48.5 Å². The molecule has 2 nitrogen and oxygen atoms in total. The molecule has 2 rings (SSSR count). The highest BCUT2D eigenvalue weighted by Gasteiger charge is 2.32. The van der Waals surface area contributed by atoms with Gasteiger partial charge in [0.15, 0.2) is 0 Å². The van der Waals surface area contributed by atoms with Crippen LogP contribution in [0.4, 0.5) is 26.3 Å². The molecule has 2 aromatic rings. The topological polar surface area (TPSA) is 46.2 Å². The monoisotopic (exact) mass is 349 g/mol. The lowest BCUT2D eigenvalue weighted by Gasteiger charge is -2.20. The molecule has 2 atom stereocenters. The van der Waals surface area contributed by atoms with E-state index in [0.717, 1.165) is 48.5 Å². The second-order valence-electron chi connectivity index (χ2n) is 5.21. The minimum atomic E-state index is -4.50. The minimum Gasteiger partial charge on any atom is -0.386 e. The summed E-state index contributed by atoms with van der Waals surface area (Å²) in [6.45, 7) is 0. The lowest BCUT2D eigenvalue weighted by Crippen LogP contribution is -2.20. The van der Waals surface area contributed by atoms with Crippen LogP contribution < -0.4 is 5.73 Å². The Hall–Kier alpha value is -2.06. The summed E-state index contributed by atoms with van der Waals surface area (Å²) in [4.78, 5) is 0. The van der Waals surface area contributed by atoms with Crippen LogP contribution >= 0.6 is 0 Å². The van der Waals surface area contributed by atoms with E-state index in [1.807, 2.05) is 0 Å². The largest absolute Gasteiger partial charge is 0.416 e. The molecule has 0 aliphatic heterocycles. The molecule has 0 aliphatic carbocycles. The highest BCUT2D eigenvalue weighted by Crippen LogP contribution is 2.33. The van der Waals surface area contributed by atoms with Gasteiger partial charge in [-0.3, -0.25) is 0 Å². The Morgan fingerprint density at radius 2 is 1.00 bits per heavy atom. The van der Waals surface area contributed by atoms with Crippen LogP contribution in [0.3, 0.4) is 0 Å². The van der Waals surface area contributed by atoms with Gasteiger partial charge in [0.25, 0.3) is 0 Å². The highest BCUT2D eigenvalue weighted by molar-refractivity contribution is 5.31. The molecule has 130 valence electrons.